The van der Waals surface area contributed by atoms with Crippen LogP contribution in [-0.4, -0.2) is 25.7 Å². The molecule has 0 aliphatic heterocycles. The van der Waals surface area contributed by atoms with Crippen LogP contribution in [0.25, 0.3) is 9.88 Å². The SMILES string of the molecule is O=C(Nc1ncn(Cc2cccc(Br)c2)n1)c1cnc(-c2cccs2)s1. The number of carbonyl (C=O) groups is 1. The van der Waals surface area contributed by atoms with Crippen LogP contribution in [0.5, 0.6) is 0 Å². The molecule has 130 valence electrons. The van der Waals surface area contributed by atoms with Crippen molar-refractivity contribution in [2.24, 2.45) is 0 Å². The van der Waals surface area contributed by atoms with Crippen LogP contribution in [0, 0.1) is 0 Å². The van der Waals surface area contributed by atoms with Gasteiger partial charge in [-0.2, -0.15) is 0 Å². The number of benzene rings is 1. The summed E-state index contributed by atoms with van der Waals surface area (Å²) in [7, 11) is 0. The molecule has 0 fully saturated rings. The lowest BCUT2D eigenvalue weighted by Gasteiger charge is -2.01. The number of carbonyl (C=O) groups excluding carboxylic acids is 1. The van der Waals surface area contributed by atoms with Gasteiger partial charge in [-0.15, -0.1) is 27.8 Å². The predicted octanol–water partition coefficient (Wildman–Crippen LogP) is 4.53. The number of thiazole rings is 1. The molecular formula is C17H12BrN5OS2. The van der Waals surface area contributed by atoms with E-state index in [1.54, 1.807) is 28.5 Å². The van der Waals surface area contributed by atoms with Crippen molar-refractivity contribution in [2.75, 3.05) is 5.32 Å². The fourth-order valence-corrected chi connectivity index (χ4v) is 4.37. The number of rotatable bonds is 5. The molecule has 3 heterocycles. The van der Waals surface area contributed by atoms with Gasteiger partial charge in [0.05, 0.1) is 17.6 Å². The molecule has 26 heavy (non-hydrogen) atoms. The molecule has 0 saturated carbocycles. The maximum Gasteiger partial charge on any atom is 0.269 e. The highest BCUT2D eigenvalue weighted by Gasteiger charge is 2.14. The maximum absolute atomic E-state index is 12.4. The summed E-state index contributed by atoms with van der Waals surface area (Å²) in [5.41, 5.74) is 1.09. The van der Waals surface area contributed by atoms with Crippen molar-refractivity contribution >= 4 is 50.5 Å². The Morgan fingerprint density at radius 1 is 1.23 bits per heavy atom. The first-order valence-corrected chi connectivity index (χ1v) is 10.1. The summed E-state index contributed by atoms with van der Waals surface area (Å²) in [6.07, 6.45) is 3.17. The quantitative estimate of drug-likeness (QED) is 0.489. The average molecular weight is 446 g/mol. The van der Waals surface area contributed by atoms with E-state index in [1.807, 2.05) is 41.8 Å². The van der Waals surface area contributed by atoms with Gasteiger partial charge in [0.25, 0.3) is 5.91 Å². The summed E-state index contributed by atoms with van der Waals surface area (Å²) >= 11 is 6.39. The Morgan fingerprint density at radius 3 is 2.96 bits per heavy atom. The van der Waals surface area contributed by atoms with Crippen LogP contribution in [0.4, 0.5) is 5.95 Å². The molecular weight excluding hydrogens is 434 g/mol. The lowest BCUT2D eigenvalue weighted by Crippen LogP contribution is -2.12. The lowest BCUT2D eigenvalue weighted by molar-refractivity contribution is 0.102. The van der Waals surface area contributed by atoms with E-state index >= 15 is 0 Å². The standard InChI is InChI=1S/C17H12BrN5OS2/c18-12-4-1-3-11(7-12)9-23-10-20-17(22-23)21-15(24)14-8-19-16(26-14)13-5-2-6-25-13/h1-8,10H,9H2,(H,21,22,24). The van der Waals surface area contributed by atoms with Crippen LogP contribution in [0.3, 0.4) is 0 Å². The van der Waals surface area contributed by atoms with Gasteiger partial charge in [-0.05, 0) is 29.1 Å². The predicted molar refractivity (Wildman–Crippen MR) is 107 cm³/mol. The number of amides is 1. The van der Waals surface area contributed by atoms with Gasteiger partial charge in [0.15, 0.2) is 0 Å². The highest BCUT2D eigenvalue weighted by atomic mass is 79.9. The zero-order valence-electron chi connectivity index (χ0n) is 13.3. The van der Waals surface area contributed by atoms with E-state index in [0.717, 1.165) is 19.9 Å². The number of anilines is 1. The number of thiophene rings is 1. The Bertz CT molecular complexity index is 1040. The van der Waals surface area contributed by atoms with Crippen LogP contribution in [0.2, 0.25) is 0 Å². The second-order valence-corrected chi connectivity index (χ2v) is 8.25. The Hall–Kier alpha value is -2.36. The summed E-state index contributed by atoms with van der Waals surface area (Å²) in [6.45, 7) is 0.575. The van der Waals surface area contributed by atoms with Crippen LogP contribution >= 0.6 is 38.6 Å². The number of halogens is 1. The van der Waals surface area contributed by atoms with E-state index in [-0.39, 0.29) is 11.9 Å². The van der Waals surface area contributed by atoms with Crippen LogP contribution in [-0.2, 0) is 6.54 Å². The molecule has 6 nitrogen and oxygen atoms in total. The van der Waals surface area contributed by atoms with Gasteiger partial charge in [-0.3, -0.25) is 10.1 Å². The van der Waals surface area contributed by atoms with Crippen molar-refractivity contribution in [1.82, 2.24) is 19.7 Å². The van der Waals surface area contributed by atoms with Crippen LogP contribution in [0.15, 0.2) is 58.8 Å². The van der Waals surface area contributed by atoms with Crippen molar-refractivity contribution < 1.29 is 4.79 Å². The largest absolute Gasteiger partial charge is 0.288 e. The van der Waals surface area contributed by atoms with Gasteiger partial charge in [0.2, 0.25) is 5.95 Å². The topological polar surface area (TPSA) is 72.7 Å². The molecule has 4 aromatic rings. The molecule has 0 atom stereocenters. The van der Waals surface area contributed by atoms with E-state index in [4.69, 9.17) is 0 Å². The fourth-order valence-electron chi connectivity index (χ4n) is 2.31. The molecule has 3 aromatic heterocycles. The fraction of sp³-hybridized carbons (Fsp3) is 0.0588. The number of nitrogens with zero attached hydrogens (tertiary/aromatic N) is 4. The molecule has 1 amide bonds. The Labute approximate surface area is 165 Å². The van der Waals surface area contributed by atoms with E-state index in [2.05, 4.69) is 36.3 Å². The highest BCUT2D eigenvalue weighted by molar-refractivity contribution is 9.10. The second kappa shape index (κ2) is 7.48. The average Bonchev–Trinajstić information content (AvgIpc) is 3.36. The molecule has 0 spiro atoms. The third kappa shape index (κ3) is 3.90. The summed E-state index contributed by atoms with van der Waals surface area (Å²) in [6, 6.07) is 11.9. The number of hydrogen-bond acceptors (Lipinski definition) is 6. The van der Waals surface area contributed by atoms with Gasteiger partial charge in [0, 0.05) is 4.47 Å². The minimum Gasteiger partial charge on any atom is -0.288 e. The summed E-state index contributed by atoms with van der Waals surface area (Å²) < 4.78 is 2.69. The van der Waals surface area contributed by atoms with E-state index in [9.17, 15) is 4.79 Å². The van der Waals surface area contributed by atoms with Gasteiger partial charge < -0.3 is 0 Å². The van der Waals surface area contributed by atoms with Crippen molar-refractivity contribution in [2.45, 2.75) is 6.54 Å². The summed E-state index contributed by atoms with van der Waals surface area (Å²) in [4.78, 5) is 22.4. The monoisotopic (exact) mass is 445 g/mol. The highest BCUT2D eigenvalue weighted by Crippen LogP contribution is 2.29. The van der Waals surface area contributed by atoms with Crippen LogP contribution < -0.4 is 5.32 Å². The molecule has 0 aliphatic carbocycles. The molecule has 0 aliphatic rings. The first-order valence-electron chi connectivity index (χ1n) is 7.62. The van der Waals surface area contributed by atoms with E-state index in [1.165, 1.54) is 11.3 Å². The van der Waals surface area contributed by atoms with Gasteiger partial charge in [-0.25, -0.2) is 14.6 Å². The Morgan fingerprint density at radius 2 is 2.15 bits per heavy atom. The number of hydrogen-bond donors (Lipinski definition) is 1. The van der Waals surface area contributed by atoms with E-state index in [0.29, 0.717) is 11.4 Å². The second-order valence-electron chi connectivity index (χ2n) is 5.36. The molecule has 4 rings (SSSR count). The molecule has 0 saturated heterocycles. The zero-order chi connectivity index (χ0) is 17.9. The van der Waals surface area contributed by atoms with E-state index < -0.39 is 0 Å². The molecule has 0 bridgehead atoms. The lowest BCUT2D eigenvalue weighted by atomic mass is 10.2. The number of nitrogens with one attached hydrogen (secondary N) is 1. The van der Waals surface area contributed by atoms with Gasteiger partial charge in [-0.1, -0.05) is 34.1 Å². The van der Waals surface area contributed by atoms with Crippen LogP contribution in [0.1, 0.15) is 15.2 Å². The molecule has 1 aromatic carbocycles. The molecule has 9 heteroatoms. The first kappa shape index (κ1) is 17.1. The Balaban J connectivity index is 1.43. The Kier molecular flexibility index (Phi) is 4.91. The minimum absolute atomic E-state index is 0.259. The minimum atomic E-state index is -0.259. The maximum atomic E-state index is 12.4. The van der Waals surface area contributed by atoms with Gasteiger partial charge in [0.1, 0.15) is 16.2 Å². The van der Waals surface area contributed by atoms with Gasteiger partial charge >= 0.3 is 0 Å². The normalized spacial score (nSPS) is 10.8. The van der Waals surface area contributed by atoms with Crippen molar-refractivity contribution in [3.05, 3.63) is 69.2 Å². The molecule has 1 N–H and O–H groups in total. The smallest absolute Gasteiger partial charge is 0.269 e. The first-order chi connectivity index (χ1) is 12.7. The molecule has 0 unspecified atom stereocenters. The zero-order valence-corrected chi connectivity index (χ0v) is 16.5. The summed E-state index contributed by atoms with van der Waals surface area (Å²) in [5.74, 6) is 0.0154. The number of aromatic nitrogens is 4. The van der Waals surface area contributed by atoms with Crippen molar-refractivity contribution in [3.8, 4) is 9.88 Å². The summed E-state index contributed by atoms with van der Waals surface area (Å²) in [5, 5.41) is 9.84. The third-order valence-corrected chi connectivity index (χ3v) is 5.99. The third-order valence-electron chi connectivity index (χ3n) is 3.46. The molecule has 0 radical (unpaired) electrons. The van der Waals surface area contributed by atoms with Crippen molar-refractivity contribution in [3.63, 3.8) is 0 Å². The van der Waals surface area contributed by atoms with Crippen molar-refractivity contribution in [1.29, 1.82) is 0 Å².